The largest absolute Gasteiger partial charge is 0.480 e. The second-order valence-corrected chi connectivity index (χ2v) is 5.33. The van der Waals surface area contributed by atoms with E-state index in [-0.39, 0.29) is 12.1 Å². The molecule has 0 unspecified atom stereocenters. The first-order valence-corrected chi connectivity index (χ1v) is 7.58. The Morgan fingerprint density at radius 1 is 1.38 bits per heavy atom. The fourth-order valence-electron chi connectivity index (χ4n) is 1.66. The van der Waals surface area contributed by atoms with E-state index in [2.05, 4.69) is 5.32 Å². The van der Waals surface area contributed by atoms with Gasteiger partial charge in [-0.05, 0) is 24.0 Å². The number of carbonyl (C=O) groups excluding carboxylic acids is 1. The third kappa shape index (κ3) is 5.82. The normalized spacial score (nSPS) is 11.7. The lowest BCUT2D eigenvalue weighted by atomic mass is 10.1. The van der Waals surface area contributed by atoms with Crippen LogP contribution in [0.1, 0.15) is 12.0 Å². The van der Waals surface area contributed by atoms with Crippen molar-refractivity contribution in [2.24, 2.45) is 0 Å². The van der Waals surface area contributed by atoms with Crippen LogP contribution in [-0.4, -0.2) is 40.0 Å². The number of aliphatic carboxylic acids is 1. The molecule has 1 atom stereocenters. The van der Waals surface area contributed by atoms with Crippen molar-refractivity contribution < 1.29 is 19.6 Å². The summed E-state index contributed by atoms with van der Waals surface area (Å²) in [5, 5.41) is 22.0. The minimum atomic E-state index is -1.07. The number of carboxylic acids is 1. The molecular weight excluding hydrogens is 296 g/mol. The molecule has 1 aromatic carbocycles. The first-order chi connectivity index (χ1) is 9.93. The third-order valence-corrected chi connectivity index (χ3v) is 3.40. The summed E-state index contributed by atoms with van der Waals surface area (Å²) < 4.78 is 0. The predicted molar refractivity (Wildman–Crippen MR) is 79.4 cm³/mol. The van der Waals surface area contributed by atoms with Gasteiger partial charge in [-0.2, -0.15) is 11.8 Å². The fraction of sp³-hybridized carbons (Fsp3) is 0.385. The molecule has 1 amide bonds. The van der Waals surface area contributed by atoms with Crippen LogP contribution < -0.4 is 5.32 Å². The van der Waals surface area contributed by atoms with Crippen molar-refractivity contribution in [1.29, 1.82) is 0 Å². The molecule has 1 rings (SSSR count). The van der Waals surface area contributed by atoms with E-state index in [1.165, 1.54) is 36.0 Å². The Kier molecular flexibility index (Phi) is 6.67. The van der Waals surface area contributed by atoms with Crippen LogP contribution in [0, 0.1) is 10.1 Å². The summed E-state index contributed by atoms with van der Waals surface area (Å²) in [6.45, 7) is 0. The zero-order valence-corrected chi connectivity index (χ0v) is 12.3. The van der Waals surface area contributed by atoms with Gasteiger partial charge in [-0.25, -0.2) is 4.79 Å². The van der Waals surface area contributed by atoms with Crippen molar-refractivity contribution in [3.63, 3.8) is 0 Å². The highest BCUT2D eigenvalue weighted by Crippen LogP contribution is 2.12. The number of nitro benzene ring substituents is 1. The standard InChI is InChI=1S/C13H16N2O5S/c1-21-7-6-11(13(17)18)14-12(16)8-9-2-4-10(5-3-9)15(19)20/h2-5,11H,6-8H2,1H3,(H,14,16)(H,17,18)/t11-/m1/s1. The fourth-order valence-corrected chi connectivity index (χ4v) is 2.13. The minimum Gasteiger partial charge on any atom is -0.480 e. The molecule has 0 aromatic heterocycles. The van der Waals surface area contributed by atoms with Crippen LogP contribution in [0.15, 0.2) is 24.3 Å². The molecule has 7 nitrogen and oxygen atoms in total. The van der Waals surface area contributed by atoms with E-state index in [1.54, 1.807) is 0 Å². The van der Waals surface area contributed by atoms with Gasteiger partial charge in [0, 0.05) is 12.1 Å². The molecule has 0 spiro atoms. The number of nitro groups is 1. The van der Waals surface area contributed by atoms with Crippen LogP contribution in [0.25, 0.3) is 0 Å². The molecule has 0 saturated carbocycles. The van der Waals surface area contributed by atoms with Crippen LogP contribution >= 0.6 is 11.8 Å². The number of carbonyl (C=O) groups is 2. The average Bonchev–Trinajstić information content (AvgIpc) is 2.43. The molecule has 8 heteroatoms. The van der Waals surface area contributed by atoms with E-state index < -0.39 is 22.8 Å². The smallest absolute Gasteiger partial charge is 0.326 e. The summed E-state index contributed by atoms with van der Waals surface area (Å²) in [5.74, 6) is -0.854. The highest BCUT2D eigenvalue weighted by atomic mass is 32.2. The molecule has 0 aliphatic rings. The van der Waals surface area contributed by atoms with E-state index in [0.717, 1.165) is 0 Å². The van der Waals surface area contributed by atoms with Gasteiger partial charge >= 0.3 is 5.97 Å². The Bertz CT molecular complexity index is 518. The van der Waals surface area contributed by atoms with Gasteiger partial charge < -0.3 is 10.4 Å². The van der Waals surface area contributed by atoms with E-state index in [9.17, 15) is 19.7 Å². The summed E-state index contributed by atoms with van der Waals surface area (Å²) >= 11 is 1.50. The van der Waals surface area contributed by atoms with Gasteiger partial charge in [-0.15, -0.1) is 0 Å². The average molecular weight is 312 g/mol. The number of benzene rings is 1. The first kappa shape index (κ1) is 17.0. The van der Waals surface area contributed by atoms with Crippen molar-refractivity contribution in [3.8, 4) is 0 Å². The Hall–Kier alpha value is -2.09. The highest BCUT2D eigenvalue weighted by Gasteiger charge is 2.19. The summed E-state index contributed by atoms with van der Waals surface area (Å²) in [5.41, 5.74) is 0.537. The Balaban J connectivity index is 2.59. The topological polar surface area (TPSA) is 110 Å². The second kappa shape index (κ2) is 8.25. The third-order valence-electron chi connectivity index (χ3n) is 2.76. The van der Waals surface area contributed by atoms with Crippen LogP contribution in [-0.2, 0) is 16.0 Å². The van der Waals surface area contributed by atoms with Crippen LogP contribution in [0.5, 0.6) is 0 Å². The summed E-state index contributed by atoms with van der Waals surface area (Å²) in [4.78, 5) is 32.8. The number of hydrogen-bond acceptors (Lipinski definition) is 5. The predicted octanol–water partition coefficient (Wildman–Crippen LogP) is 1.46. The highest BCUT2D eigenvalue weighted by molar-refractivity contribution is 7.98. The maximum absolute atomic E-state index is 11.8. The monoisotopic (exact) mass is 312 g/mol. The number of nitrogens with one attached hydrogen (secondary N) is 1. The number of carboxylic acid groups (broad SMARTS) is 1. The first-order valence-electron chi connectivity index (χ1n) is 6.18. The maximum Gasteiger partial charge on any atom is 0.326 e. The molecule has 0 radical (unpaired) electrons. The summed E-state index contributed by atoms with van der Waals surface area (Å²) in [6.07, 6.45) is 2.20. The molecule has 0 aliphatic carbocycles. The molecule has 1 aromatic rings. The second-order valence-electron chi connectivity index (χ2n) is 4.34. The molecule has 0 fully saturated rings. The van der Waals surface area contributed by atoms with Crippen molar-refractivity contribution in [3.05, 3.63) is 39.9 Å². The van der Waals surface area contributed by atoms with E-state index in [1.807, 2.05) is 6.26 Å². The quantitative estimate of drug-likeness (QED) is 0.555. The van der Waals surface area contributed by atoms with Crippen molar-refractivity contribution >= 4 is 29.3 Å². The van der Waals surface area contributed by atoms with Gasteiger partial charge in [-0.1, -0.05) is 12.1 Å². The molecule has 21 heavy (non-hydrogen) atoms. The molecule has 0 bridgehead atoms. The van der Waals surface area contributed by atoms with Crippen molar-refractivity contribution in [2.45, 2.75) is 18.9 Å². The van der Waals surface area contributed by atoms with Gasteiger partial charge in [-0.3, -0.25) is 14.9 Å². The lowest BCUT2D eigenvalue weighted by Crippen LogP contribution is -2.41. The van der Waals surface area contributed by atoms with Gasteiger partial charge in [0.15, 0.2) is 0 Å². The Labute approximate surface area is 125 Å². The molecule has 2 N–H and O–H groups in total. The Morgan fingerprint density at radius 2 is 2.00 bits per heavy atom. The lowest BCUT2D eigenvalue weighted by molar-refractivity contribution is -0.384. The molecule has 0 saturated heterocycles. The van der Waals surface area contributed by atoms with Crippen molar-refractivity contribution in [1.82, 2.24) is 5.32 Å². The number of hydrogen-bond donors (Lipinski definition) is 2. The summed E-state index contributed by atoms with van der Waals surface area (Å²) in [7, 11) is 0. The number of non-ortho nitro benzene ring substituents is 1. The minimum absolute atomic E-state index is 0.0129. The zero-order valence-electron chi connectivity index (χ0n) is 11.4. The van der Waals surface area contributed by atoms with Crippen LogP contribution in [0.3, 0.4) is 0 Å². The number of nitrogens with zero attached hydrogens (tertiary/aromatic N) is 1. The number of amides is 1. The van der Waals surface area contributed by atoms with Gasteiger partial charge in [0.1, 0.15) is 6.04 Å². The van der Waals surface area contributed by atoms with Crippen molar-refractivity contribution in [2.75, 3.05) is 12.0 Å². The van der Waals surface area contributed by atoms with E-state index in [0.29, 0.717) is 17.7 Å². The molecule has 114 valence electrons. The van der Waals surface area contributed by atoms with Gasteiger partial charge in [0.2, 0.25) is 5.91 Å². The number of thioether (sulfide) groups is 1. The lowest BCUT2D eigenvalue weighted by Gasteiger charge is -2.13. The molecular formula is C13H16N2O5S. The Morgan fingerprint density at radius 3 is 2.48 bits per heavy atom. The van der Waals surface area contributed by atoms with Crippen LogP contribution in [0.2, 0.25) is 0 Å². The molecule has 0 aliphatic heterocycles. The van der Waals surface area contributed by atoms with E-state index in [4.69, 9.17) is 5.11 Å². The van der Waals surface area contributed by atoms with Crippen LogP contribution in [0.4, 0.5) is 5.69 Å². The molecule has 0 heterocycles. The maximum atomic E-state index is 11.8. The summed E-state index contributed by atoms with van der Waals surface area (Å²) in [6, 6.07) is 4.67. The van der Waals surface area contributed by atoms with Gasteiger partial charge in [0.05, 0.1) is 11.3 Å². The van der Waals surface area contributed by atoms with E-state index >= 15 is 0 Å². The zero-order chi connectivity index (χ0) is 15.8. The number of rotatable bonds is 8. The van der Waals surface area contributed by atoms with Gasteiger partial charge in [0.25, 0.3) is 5.69 Å². The SMILES string of the molecule is CSCC[C@@H](NC(=O)Cc1ccc([N+](=O)[O-])cc1)C(=O)O.